The number of nitrogens with zero attached hydrogens (tertiary/aromatic N) is 2. The number of aliphatic imine (C=N–C) groups is 1. The van der Waals surface area contributed by atoms with Crippen LogP contribution in [0.25, 0.3) is 0 Å². The van der Waals surface area contributed by atoms with E-state index in [1.165, 1.54) is 6.07 Å². The lowest BCUT2D eigenvalue weighted by Crippen LogP contribution is -2.24. The van der Waals surface area contributed by atoms with Crippen molar-refractivity contribution in [2.24, 2.45) is 4.99 Å². The summed E-state index contributed by atoms with van der Waals surface area (Å²) < 4.78 is 19.7. The van der Waals surface area contributed by atoms with E-state index in [9.17, 15) is 9.50 Å². The lowest BCUT2D eigenvalue weighted by atomic mass is 10.1. The van der Waals surface area contributed by atoms with Crippen molar-refractivity contribution in [3.8, 4) is 11.5 Å². The molecular formula is C20H24ClFN2O2. The summed E-state index contributed by atoms with van der Waals surface area (Å²) in [6.07, 6.45) is 2.47. The Kier molecular flexibility index (Phi) is 7.42. The molecule has 0 saturated heterocycles. The van der Waals surface area contributed by atoms with Gasteiger partial charge in [0.15, 0.2) is 0 Å². The Morgan fingerprint density at radius 3 is 2.69 bits per heavy atom. The second-order valence-corrected chi connectivity index (χ2v) is 6.59. The molecule has 0 aliphatic heterocycles. The third-order valence-corrected chi connectivity index (χ3v) is 4.27. The highest BCUT2D eigenvalue weighted by molar-refractivity contribution is 6.31. The smallest absolute Gasteiger partial charge is 0.129 e. The minimum Gasteiger partial charge on any atom is -0.507 e. The van der Waals surface area contributed by atoms with Gasteiger partial charge in [-0.3, -0.25) is 4.99 Å². The Morgan fingerprint density at radius 1 is 1.31 bits per heavy atom. The minimum absolute atomic E-state index is 0.0904. The summed E-state index contributed by atoms with van der Waals surface area (Å²) in [6, 6.07) is 9.42. The molecular weight excluding hydrogens is 355 g/mol. The number of hydrogen-bond acceptors (Lipinski definition) is 4. The van der Waals surface area contributed by atoms with Crippen LogP contribution in [0.15, 0.2) is 41.4 Å². The lowest BCUT2D eigenvalue weighted by molar-refractivity contribution is 0.299. The largest absolute Gasteiger partial charge is 0.507 e. The molecule has 1 atom stereocenters. The molecule has 2 aromatic rings. The van der Waals surface area contributed by atoms with Crippen molar-refractivity contribution in [1.29, 1.82) is 0 Å². The zero-order valence-corrected chi connectivity index (χ0v) is 16.0. The predicted molar refractivity (Wildman–Crippen MR) is 104 cm³/mol. The molecule has 0 heterocycles. The van der Waals surface area contributed by atoms with E-state index in [-0.39, 0.29) is 17.6 Å². The summed E-state index contributed by atoms with van der Waals surface area (Å²) in [4.78, 5) is 6.25. The fourth-order valence-electron chi connectivity index (χ4n) is 2.54. The fraction of sp³-hybridized carbons (Fsp3) is 0.350. The number of halogens is 2. The quantitative estimate of drug-likeness (QED) is 0.677. The first-order valence-corrected chi connectivity index (χ1v) is 8.87. The molecule has 140 valence electrons. The highest BCUT2D eigenvalue weighted by atomic mass is 35.5. The molecule has 0 fully saturated rings. The summed E-state index contributed by atoms with van der Waals surface area (Å²) in [7, 11) is 3.70. The molecule has 0 aromatic heterocycles. The van der Waals surface area contributed by atoms with E-state index in [0.29, 0.717) is 35.1 Å². The highest BCUT2D eigenvalue weighted by Gasteiger charge is 2.20. The van der Waals surface area contributed by atoms with Crippen molar-refractivity contribution in [2.45, 2.75) is 19.4 Å². The molecule has 2 aromatic carbocycles. The molecule has 4 nitrogen and oxygen atoms in total. The number of ether oxygens (including phenoxy) is 1. The first-order chi connectivity index (χ1) is 12.4. The van der Waals surface area contributed by atoms with Gasteiger partial charge in [0.05, 0.1) is 19.2 Å². The van der Waals surface area contributed by atoms with Crippen LogP contribution in [0.3, 0.4) is 0 Å². The zero-order valence-electron chi connectivity index (χ0n) is 15.2. The molecule has 26 heavy (non-hydrogen) atoms. The molecule has 0 amide bonds. The number of hydrogen-bond donors (Lipinski definition) is 1. The fourth-order valence-corrected chi connectivity index (χ4v) is 2.82. The molecule has 0 bridgehead atoms. The molecule has 1 N–H and O–H groups in total. The SMILES string of the molecule is CCCOc1ccc(C=NC[C@H](c2c(F)cccc2Cl)N(C)C)c(O)c1. The van der Waals surface area contributed by atoms with Crippen LogP contribution in [-0.4, -0.2) is 43.5 Å². The van der Waals surface area contributed by atoms with Crippen molar-refractivity contribution in [3.63, 3.8) is 0 Å². The molecule has 0 unspecified atom stereocenters. The predicted octanol–water partition coefficient (Wildman–Crippen LogP) is 4.70. The summed E-state index contributed by atoms with van der Waals surface area (Å²) >= 11 is 6.18. The molecule has 0 saturated carbocycles. The van der Waals surface area contributed by atoms with Crippen LogP contribution >= 0.6 is 11.6 Å². The molecule has 0 radical (unpaired) electrons. The number of phenolic OH excluding ortho intramolecular Hbond substituents is 1. The third kappa shape index (κ3) is 5.19. The van der Waals surface area contributed by atoms with Gasteiger partial charge >= 0.3 is 0 Å². The first kappa shape index (κ1) is 20.2. The monoisotopic (exact) mass is 378 g/mol. The minimum atomic E-state index is -0.355. The van der Waals surface area contributed by atoms with Gasteiger partial charge in [-0.15, -0.1) is 0 Å². The van der Waals surface area contributed by atoms with Crippen molar-refractivity contribution < 1.29 is 14.2 Å². The van der Waals surface area contributed by atoms with E-state index >= 15 is 0 Å². The van der Waals surface area contributed by atoms with Crippen LogP contribution in [0.1, 0.15) is 30.5 Å². The van der Waals surface area contributed by atoms with Crippen LogP contribution in [-0.2, 0) is 0 Å². The van der Waals surface area contributed by atoms with Crippen LogP contribution in [0.4, 0.5) is 4.39 Å². The number of aromatic hydroxyl groups is 1. The second-order valence-electron chi connectivity index (χ2n) is 6.18. The van der Waals surface area contributed by atoms with E-state index in [1.54, 1.807) is 36.5 Å². The standard InChI is InChI=1S/C20H24ClFN2O2/c1-4-10-26-15-9-8-14(19(25)11-15)12-23-13-18(24(2)3)20-16(21)6-5-7-17(20)22/h5-9,11-12,18,25H,4,10,13H2,1-3H3/t18-/m1/s1. The van der Waals surface area contributed by atoms with E-state index in [0.717, 1.165) is 6.42 Å². The highest BCUT2D eigenvalue weighted by Crippen LogP contribution is 2.29. The third-order valence-electron chi connectivity index (χ3n) is 3.94. The van der Waals surface area contributed by atoms with Crippen molar-refractivity contribution in [1.82, 2.24) is 4.90 Å². The van der Waals surface area contributed by atoms with Gasteiger partial charge in [0.25, 0.3) is 0 Å². The topological polar surface area (TPSA) is 45.1 Å². The van der Waals surface area contributed by atoms with E-state index in [4.69, 9.17) is 16.3 Å². The van der Waals surface area contributed by atoms with Crippen LogP contribution in [0, 0.1) is 5.82 Å². The number of phenols is 1. The maximum absolute atomic E-state index is 14.2. The first-order valence-electron chi connectivity index (χ1n) is 8.50. The van der Waals surface area contributed by atoms with Gasteiger partial charge in [-0.25, -0.2) is 4.39 Å². The van der Waals surface area contributed by atoms with Gasteiger partial charge in [0.2, 0.25) is 0 Å². The van der Waals surface area contributed by atoms with Crippen molar-refractivity contribution in [3.05, 3.63) is 58.4 Å². The summed E-state index contributed by atoms with van der Waals surface area (Å²) in [5, 5.41) is 10.5. The van der Waals surface area contributed by atoms with Gasteiger partial charge < -0.3 is 14.7 Å². The molecule has 2 rings (SSSR count). The Labute approximate surface area is 158 Å². The Morgan fingerprint density at radius 2 is 2.08 bits per heavy atom. The Balaban J connectivity index is 2.14. The number of benzene rings is 2. The normalized spacial score (nSPS) is 12.7. The summed E-state index contributed by atoms with van der Waals surface area (Å²) in [6.45, 7) is 2.92. The van der Waals surface area contributed by atoms with Crippen molar-refractivity contribution >= 4 is 17.8 Å². The van der Waals surface area contributed by atoms with E-state index < -0.39 is 0 Å². The van der Waals surface area contributed by atoms with Gasteiger partial charge in [0, 0.05) is 28.4 Å². The summed E-state index contributed by atoms with van der Waals surface area (Å²) in [5.41, 5.74) is 0.995. The van der Waals surface area contributed by atoms with Gasteiger partial charge in [-0.05, 0) is 44.8 Å². The zero-order chi connectivity index (χ0) is 19.1. The number of rotatable bonds is 8. The van der Waals surface area contributed by atoms with E-state index in [2.05, 4.69) is 4.99 Å². The average Bonchev–Trinajstić information content (AvgIpc) is 2.59. The second kappa shape index (κ2) is 9.55. The van der Waals surface area contributed by atoms with Crippen molar-refractivity contribution in [2.75, 3.05) is 27.2 Å². The maximum atomic E-state index is 14.2. The number of likely N-dealkylation sites (N-methyl/N-ethyl adjacent to an activating group) is 1. The Hall–Kier alpha value is -2.11. The summed E-state index contributed by atoms with van der Waals surface area (Å²) in [5.74, 6) is 0.352. The van der Waals surface area contributed by atoms with Gasteiger partial charge in [-0.2, -0.15) is 0 Å². The lowest BCUT2D eigenvalue weighted by Gasteiger charge is -2.24. The van der Waals surface area contributed by atoms with Crippen LogP contribution in [0.5, 0.6) is 11.5 Å². The molecule has 0 aliphatic carbocycles. The van der Waals surface area contributed by atoms with Gasteiger partial charge in [0.1, 0.15) is 17.3 Å². The molecule has 0 aliphatic rings. The maximum Gasteiger partial charge on any atom is 0.129 e. The van der Waals surface area contributed by atoms with Gasteiger partial charge in [-0.1, -0.05) is 24.6 Å². The average molecular weight is 379 g/mol. The Bertz CT molecular complexity index is 745. The van der Waals surface area contributed by atoms with E-state index in [1.807, 2.05) is 25.9 Å². The molecule has 0 spiro atoms. The van der Waals surface area contributed by atoms with Crippen LogP contribution in [0.2, 0.25) is 5.02 Å². The molecule has 6 heteroatoms. The van der Waals surface area contributed by atoms with Crippen LogP contribution < -0.4 is 4.74 Å².